The van der Waals surface area contributed by atoms with Crippen LogP contribution in [0.2, 0.25) is 0 Å². The molecule has 3 heterocycles. The van der Waals surface area contributed by atoms with Crippen molar-refractivity contribution >= 4 is 27.3 Å². The molecule has 224 valence electrons. The van der Waals surface area contributed by atoms with Gasteiger partial charge in [0, 0.05) is 44.2 Å². The summed E-state index contributed by atoms with van der Waals surface area (Å²) in [6.07, 6.45) is 4.69. The van der Waals surface area contributed by atoms with E-state index < -0.39 is 33.4 Å². The molecule has 3 aliphatic rings. The third-order valence-electron chi connectivity index (χ3n) is 8.47. The van der Waals surface area contributed by atoms with E-state index in [1.165, 1.54) is 4.90 Å². The molecule has 12 heteroatoms. The number of carbonyl (C=O) groups is 2. The van der Waals surface area contributed by atoms with Crippen LogP contribution in [-0.4, -0.2) is 88.8 Å². The van der Waals surface area contributed by atoms with Crippen LogP contribution < -0.4 is 10.2 Å². The summed E-state index contributed by atoms with van der Waals surface area (Å²) in [6, 6.07) is 5.51. The Kier molecular flexibility index (Phi) is 8.17. The number of benzene rings is 1. The molecule has 5 rings (SSSR count). The quantitative estimate of drug-likeness (QED) is 0.481. The number of likely N-dealkylation sites (tertiary alicyclic amines) is 1. The second-order valence-corrected chi connectivity index (χ2v) is 14.9. The molecule has 0 unspecified atom stereocenters. The van der Waals surface area contributed by atoms with Crippen LogP contribution in [0.1, 0.15) is 77.5 Å². The predicted molar refractivity (Wildman–Crippen MR) is 154 cm³/mol. The SMILES string of the molecule is CCS(=O)(=O)c1ccccc1N1CCC(NC(=O)[C@@H]2C[C@@H](O)CN2C(=O)[C@@H](n2cc(C3CC3)nn2)C(C)(C)C)CC1. The highest BCUT2D eigenvalue weighted by Gasteiger charge is 2.46. The summed E-state index contributed by atoms with van der Waals surface area (Å²) in [5.41, 5.74) is 1.10. The molecule has 1 aliphatic carbocycles. The first kappa shape index (κ1) is 29.5. The summed E-state index contributed by atoms with van der Waals surface area (Å²) in [4.78, 5) is 31.4. The van der Waals surface area contributed by atoms with Gasteiger partial charge in [-0.05, 0) is 43.2 Å². The molecule has 1 aromatic carbocycles. The van der Waals surface area contributed by atoms with Gasteiger partial charge in [0.25, 0.3) is 0 Å². The number of aromatic nitrogens is 3. The average molecular weight is 587 g/mol. The Bertz CT molecular complexity index is 1370. The van der Waals surface area contributed by atoms with Crippen molar-refractivity contribution in [1.82, 2.24) is 25.2 Å². The number of para-hydroxylation sites is 1. The largest absolute Gasteiger partial charge is 0.391 e. The molecule has 2 amide bonds. The number of carbonyl (C=O) groups excluding carboxylic acids is 2. The fourth-order valence-electron chi connectivity index (χ4n) is 6.03. The highest BCUT2D eigenvalue weighted by atomic mass is 32.2. The first-order valence-corrected chi connectivity index (χ1v) is 16.3. The minimum absolute atomic E-state index is 0.0354. The molecule has 1 saturated carbocycles. The molecule has 1 aromatic heterocycles. The molecule has 11 nitrogen and oxygen atoms in total. The van der Waals surface area contributed by atoms with Crippen molar-refractivity contribution in [2.75, 3.05) is 30.3 Å². The van der Waals surface area contributed by atoms with Crippen LogP contribution in [0.5, 0.6) is 0 Å². The molecule has 0 spiro atoms. The molecular weight excluding hydrogens is 544 g/mol. The minimum Gasteiger partial charge on any atom is -0.391 e. The predicted octanol–water partition coefficient (Wildman–Crippen LogP) is 2.28. The number of sulfone groups is 1. The Balaban J connectivity index is 1.25. The van der Waals surface area contributed by atoms with Gasteiger partial charge in [-0.1, -0.05) is 45.0 Å². The summed E-state index contributed by atoms with van der Waals surface area (Å²) in [5, 5.41) is 22.2. The number of nitrogens with zero attached hydrogens (tertiary/aromatic N) is 5. The highest BCUT2D eigenvalue weighted by Crippen LogP contribution is 2.40. The molecule has 0 radical (unpaired) electrons. The van der Waals surface area contributed by atoms with Crippen LogP contribution in [0, 0.1) is 5.41 Å². The fraction of sp³-hybridized carbons (Fsp3) is 0.655. The van der Waals surface area contributed by atoms with E-state index in [4.69, 9.17) is 0 Å². The molecule has 2 N–H and O–H groups in total. The number of β-amino-alcohol motifs (C(OH)–C–C–N with tert-alkyl or cyclic N) is 1. The second kappa shape index (κ2) is 11.4. The van der Waals surface area contributed by atoms with E-state index >= 15 is 0 Å². The number of aliphatic hydroxyl groups is 1. The lowest BCUT2D eigenvalue weighted by Gasteiger charge is -2.37. The van der Waals surface area contributed by atoms with Gasteiger partial charge in [0.05, 0.1) is 28.1 Å². The van der Waals surface area contributed by atoms with Gasteiger partial charge in [0.15, 0.2) is 9.84 Å². The molecule has 3 fully saturated rings. The molecule has 2 aromatic rings. The molecule has 2 saturated heterocycles. The summed E-state index contributed by atoms with van der Waals surface area (Å²) in [7, 11) is -3.36. The lowest BCUT2D eigenvalue weighted by molar-refractivity contribution is -0.144. The van der Waals surface area contributed by atoms with Crippen molar-refractivity contribution in [3.8, 4) is 0 Å². The van der Waals surface area contributed by atoms with Crippen LogP contribution >= 0.6 is 0 Å². The molecule has 41 heavy (non-hydrogen) atoms. The van der Waals surface area contributed by atoms with E-state index in [2.05, 4.69) is 20.5 Å². The number of amides is 2. The topological polar surface area (TPSA) is 138 Å². The first-order chi connectivity index (χ1) is 19.4. The van der Waals surface area contributed by atoms with Gasteiger partial charge in [-0.2, -0.15) is 0 Å². The number of hydrogen-bond acceptors (Lipinski definition) is 8. The summed E-state index contributed by atoms with van der Waals surface area (Å²) >= 11 is 0. The van der Waals surface area contributed by atoms with E-state index in [1.54, 1.807) is 23.7 Å². The zero-order valence-electron chi connectivity index (χ0n) is 24.4. The Morgan fingerprint density at radius 3 is 2.44 bits per heavy atom. The zero-order chi connectivity index (χ0) is 29.5. The van der Waals surface area contributed by atoms with Crippen LogP contribution in [0.25, 0.3) is 0 Å². The van der Waals surface area contributed by atoms with Crippen LogP contribution in [0.15, 0.2) is 35.4 Å². The lowest BCUT2D eigenvalue weighted by Crippen LogP contribution is -2.53. The van der Waals surface area contributed by atoms with E-state index in [1.807, 2.05) is 39.1 Å². The lowest BCUT2D eigenvalue weighted by atomic mass is 9.85. The van der Waals surface area contributed by atoms with Gasteiger partial charge < -0.3 is 20.2 Å². The normalized spacial score (nSPS) is 23.0. The second-order valence-electron chi connectivity index (χ2n) is 12.7. The Hall–Kier alpha value is -2.99. The third-order valence-corrected chi connectivity index (χ3v) is 10.2. The number of aliphatic hydroxyl groups excluding tert-OH is 1. The molecular formula is C29H42N6O5S. The summed E-state index contributed by atoms with van der Waals surface area (Å²) in [6.45, 7) is 8.82. The summed E-state index contributed by atoms with van der Waals surface area (Å²) < 4.78 is 26.9. The minimum atomic E-state index is -3.36. The van der Waals surface area contributed by atoms with E-state index in [0.717, 1.165) is 18.5 Å². The van der Waals surface area contributed by atoms with E-state index in [-0.39, 0.29) is 36.6 Å². The smallest absolute Gasteiger partial charge is 0.248 e. The Labute approximate surface area is 242 Å². The average Bonchev–Trinajstić information content (AvgIpc) is 3.54. The first-order valence-electron chi connectivity index (χ1n) is 14.7. The summed E-state index contributed by atoms with van der Waals surface area (Å²) in [5.74, 6) is -0.0759. The van der Waals surface area contributed by atoms with Gasteiger partial charge in [-0.3, -0.25) is 9.59 Å². The number of hydrogen-bond donors (Lipinski definition) is 2. The van der Waals surface area contributed by atoms with Crippen molar-refractivity contribution in [3.05, 3.63) is 36.2 Å². The molecule has 3 atom stereocenters. The highest BCUT2D eigenvalue weighted by molar-refractivity contribution is 7.91. The number of rotatable bonds is 8. The van der Waals surface area contributed by atoms with Crippen LogP contribution in [0.4, 0.5) is 5.69 Å². The standard InChI is InChI=1S/C29H42N6O5S/c1-5-41(39,40)25-9-7-6-8-23(25)33-14-12-20(13-15-33)30-27(37)24-16-21(36)17-34(24)28(38)26(29(2,3)4)35-18-22(31-32-35)19-10-11-19/h6-9,18-21,24,26,36H,5,10-17H2,1-4H3,(H,30,37)/t21-,24+,26-/m1/s1. The number of piperidine rings is 1. The zero-order valence-corrected chi connectivity index (χ0v) is 25.2. The fourth-order valence-corrected chi connectivity index (χ4v) is 7.14. The number of nitrogens with one attached hydrogen (secondary N) is 1. The maximum atomic E-state index is 14.0. The maximum absolute atomic E-state index is 14.0. The van der Waals surface area contributed by atoms with Crippen molar-refractivity contribution in [1.29, 1.82) is 0 Å². The third kappa shape index (κ3) is 6.28. The van der Waals surface area contributed by atoms with Gasteiger partial charge in [0.2, 0.25) is 11.8 Å². The van der Waals surface area contributed by atoms with Gasteiger partial charge in [0.1, 0.15) is 12.1 Å². The monoisotopic (exact) mass is 586 g/mol. The van der Waals surface area contributed by atoms with Crippen molar-refractivity contribution in [3.63, 3.8) is 0 Å². The van der Waals surface area contributed by atoms with E-state index in [0.29, 0.717) is 42.4 Å². The Morgan fingerprint density at radius 2 is 1.80 bits per heavy atom. The van der Waals surface area contributed by atoms with Crippen molar-refractivity contribution in [2.24, 2.45) is 5.41 Å². The van der Waals surface area contributed by atoms with Crippen LogP contribution in [-0.2, 0) is 19.4 Å². The van der Waals surface area contributed by atoms with Crippen molar-refractivity contribution < 1.29 is 23.1 Å². The van der Waals surface area contributed by atoms with Crippen molar-refractivity contribution in [2.45, 2.75) is 94.8 Å². The van der Waals surface area contributed by atoms with E-state index in [9.17, 15) is 23.1 Å². The van der Waals surface area contributed by atoms with Gasteiger partial charge in [-0.25, -0.2) is 13.1 Å². The molecule has 2 aliphatic heterocycles. The van der Waals surface area contributed by atoms with Gasteiger partial charge >= 0.3 is 0 Å². The van der Waals surface area contributed by atoms with Crippen LogP contribution in [0.3, 0.4) is 0 Å². The molecule has 0 bridgehead atoms. The maximum Gasteiger partial charge on any atom is 0.248 e. The number of anilines is 1. The Morgan fingerprint density at radius 1 is 1.12 bits per heavy atom. The van der Waals surface area contributed by atoms with Gasteiger partial charge in [-0.15, -0.1) is 5.10 Å².